The SMILES string of the molecule is COC(=O)N1CCN(CCCN)CC1. The number of methoxy groups -OCH3 is 1. The smallest absolute Gasteiger partial charge is 0.409 e. The number of nitrogens with two attached hydrogens (primary N) is 1. The number of amides is 1. The van der Waals surface area contributed by atoms with Crippen molar-refractivity contribution >= 4 is 6.09 Å². The van der Waals surface area contributed by atoms with Gasteiger partial charge in [-0.3, -0.25) is 4.90 Å². The minimum Gasteiger partial charge on any atom is -0.453 e. The van der Waals surface area contributed by atoms with Gasteiger partial charge in [0, 0.05) is 26.2 Å². The van der Waals surface area contributed by atoms with E-state index in [1.54, 1.807) is 4.90 Å². The van der Waals surface area contributed by atoms with Gasteiger partial charge >= 0.3 is 6.09 Å². The lowest BCUT2D eigenvalue weighted by Crippen LogP contribution is -2.48. The van der Waals surface area contributed by atoms with Crippen molar-refractivity contribution in [3.05, 3.63) is 0 Å². The molecule has 5 nitrogen and oxygen atoms in total. The third-order valence-corrected chi connectivity index (χ3v) is 2.48. The third kappa shape index (κ3) is 3.16. The van der Waals surface area contributed by atoms with Crippen molar-refractivity contribution in [3.8, 4) is 0 Å². The van der Waals surface area contributed by atoms with E-state index in [2.05, 4.69) is 9.64 Å². The van der Waals surface area contributed by atoms with Crippen LogP contribution in [0.15, 0.2) is 0 Å². The topological polar surface area (TPSA) is 58.8 Å². The summed E-state index contributed by atoms with van der Waals surface area (Å²) < 4.78 is 4.65. The number of hydrogen-bond donors (Lipinski definition) is 1. The number of piperazine rings is 1. The molecule has 1 aliphatic heterocycles. The van der Waals surface area contributed by atoms with Gasteiger partial charge in [0.25, 0.3) is 0 Å². The molecule has 1 aliphatic rings. The molecule has 0 aromatic heterocycles. The molecule has 1 rings (SSSR count). The zero-order valence-electron chi connectivity index (χ0n) is 8.74. The van der Waals surface area contributed by atoms with Gasteiger partial charge < -0.3 is 15.4 Å². The summed E-state index contributed by atoms with van der Waals surface area (Å²) in [6.45, 7) is 5.14. The van der Waals surface area contributed by atoms with Gasteiger partial charge in [0.05, 0.1) is 7.11 Å². The molecular weight excluding hydrogens is 182 g/mol. The average Bonchev–Trinajstić information content (AvgIpc) is 2.26. The van der Waals surface area contributed by atoms with Crippen LogP contribution in [0, 0.1) is 0 Å². The minimum atomic E-state index is -0.219. The highest BCUT2D eigenvalue weighted by Gasteiger charge is 2.20. The highest BCUT2D eigenvalue weighted by molar-refractivity contribution is 5.67. The predicted octanol–water partition coefficient (Wildman–Crippen LogP) is -0.281. The molecule has 0 saturated carbocycles. The first-order chi connectivity index (χ1) is 6.77. The molecule has 82 valence electrons. The van der Waals surface area contributed by atoms with E-state index in [0.29, 0.717) is 0 Å². The molecule has 0 unspecified atom stereocenters. The number of ether oxygens (including phenoxy) is 1. The lowest BCUT2D eigenvalue weighted by Gasteiger charge is -2.33. The molecule has 2 N–H and O–H groups in total. The molecule has 0 aromatic carbocycles. The van der Waals surface area contributed by atoms with E-state index in [-0.39, 0.29) is 6.09 Å². The number of carbonyl (C=O) groups excluding carboxylic acids is 1. The fourth-order valence-electron chi connectivity index (χ4n) is 1.60. The highest BCUT2D eigenvalue weighted by Crippen LogP contribution is 2.03. The second-order valence-corrected chi connectivity index (χ2v) is 3.44. The summed E-state index contributed by atoms with van der Waals surface area (Å²) in [5.41, 5.74) is 5.43. The van der Waals surface area contributed by atoms with Gasteiger partial charge in [0.1, 0.15) is 0 Å². The van der Waals surface area contributed by atoms with Crippen molar-refractivity contribution in [2.75, 3.05) is 46.4 Å². The maximum absolute atomic E-state index is 11.2. The summed E-state index contributed by atoms with van der Waals surface area (Å²) in [4.78, 5) is 15.2. The first-order valence-corrected chi connectivity index (χ1v) is 5.03. The molecule has 1 heterocycles. The molecule has 5 heteroatoms. The summed E-state index contributed by atoms with van der Waals surface area (Å²) in [6, 6.07) is 0. The van der Waals surface area contributed by atoms with E-state index >= 15 is 0 Å². The van der Waals surface area contributed by atoms with Crippen molar-refractivity contribution < 1.29 is 9.53 Å². The van der Waals surface area contributed by atoms with Crippen LogP contribution in [-0.2, 0) is 4.74 Å². The number of rotatable bonds is 3. The highest BCUT2D eigenvalue weighted by atomic mass is 16.5. The van der Waals surface area contributed by atoms with Gasteiger partial charge in [-0.25, -0.2) is 4.79 Å². The molecule has 1 amide bonds. The largest absolute Gasteiger partial charge is 0.453 e. The Morgan fingerprint density at radius 3 is 2.50 bits per heavy atom. The van der Waals surface area contributed by atoms with Crippen LogP contribution in [0.3, 0.4) is 0 Å². The fraction of sp³-hybridized carbons (Fsp3) is 0.889. The number of nitrogens with zero attached hydrogens (tertiary/aromatic N) is 2. The zero-order valence-corrected chi connectivity index (χ0v) is 8.74. The Bertz CT molecular complexity index is 179. The molecule has 0 atom stereocenters. The summed E-state index contributed by atoms with van der Waals surface area (Å²) >= 11 is 0. The molecule has 0 aromatic rings. The Morgan fingerprint density at radius 2 is 2.00 bits per heavy atom. The van der Waals surface area contributed by atoms with Crippen molar-refractivity contribution in [3.63, 3.8) is 0 Å². The standard InChI is InChI=1S/C9H19N3O2/c1-14-9(13)12-7-5-11(6-8-12)4-2-3-10/h2-8,10H2,1H3. The summed E-state index contributed by atoms with van der Waals surface area (Å²) in [6.07, 6.45) is 0.807. The summed E-state index contributed by atoms with van der Waals surface area (Å²) in [7, 11) is 1.42. The first kappa shape index (κ1) is 11.3. The Kier molecular flexibility index (Phi) is 4.69. The molecule has 14 heavy (non-hydrogen) atoms. The molecule has 1 fully saturated rings. The van der Waals surface area contributed by atoms with E-state index < -0.39 is 0 Å². The maximum Gasteiger partial charge on any atom is 0.409 e. The van der Waals surface area contributed by atoms with Crippen LogP contribution in [0.1, 0.15) is 6.42 Å². The zero-order chi connectivity index (χ0) is 10.4. The lowest BCUT2D eigenvalue weighted by atomic mass is 10.3. The molecule has 0 bridgehead atoms. The number of hydrogen-bond acceptors (Lipinski definition) is 4. The van der Waals surface area contributed by atoms with Crippen LogP contribution in [0.25, 0.3) is 0 Å². The van der Waals surface area contributed by atoms with Gasteiger partial charge in [0.2, 0.25) is 0 Å². The molecule has 0 radical (unpaired) electrons. The molecule has 0 aliphatic carbocycles. The van der Waals surface area contributed by atoms with Crippen LogP contribution in [0.5, 0.6) is 0 Å². The average molecular weight is 201 g/mol. The van der Waals surface area contributed by atoms with Gasteiger partial charge in [-0.15, -0.1) is 0 Å². The minimum absolute atomic E-state index is 0.219. The van der Waals surface area contributed by atoms with E-state index in [0.717, 1.165) is 45.7 Å². The van der Waals surface area contributed by atoms with Gasteiger partial charge in [0.15, 0.2) is 0 Å². The van der Waals surface area contributed by atoms with E-state index in [1.807, 2.05) is 0 Å². The number of carbonyl (C=O) groups is 1. The lowest BCUT2D eigenvalue weighted by molar-refractivity contribution is 0.0909. The van der Waals surface area contributed by atoms with Crippen LogP contribution < -0.4 is 5.73 Å². The van der Waals surface area contributed by atoms with E-state index in [1.165, 1.54) is 7.11 Å². The molecular formula is C9H19N3O2. The predicted molar refractivity (Wildman–Crippen MR) is 54.1 cm³/mol. The first-order valence-electron chi connectivity index (χ1n) is 5.03. The summed E-state index contributed by atoms with van der Waals surface area (Å²) in [5, 5.41) is 0. The van der Waals surface area contributed by atoms with Gasteiger partial charge in [-0.1, -0.05) is 0 Å². The Hall–Kier alpha value is -0.810. The van der Waals surface area contributed by atoms with Gasteiger partial charge in [-0.05, 0) is 19.5 Å². The normalized spacial score (nSPS) is 18.3. The Balaban J connectivity index is 2.20. The monoisotopic (exact) mass is 201 g/mol. The van der Waals surface area contributed by atoms with Crippen LogP contribution in [-0.4, -0.2) is 62.3 Å². The van der Waals surface area contributed by atoms with Crippen molar-refractivity contribution in [2.45, 2.75) is 6.42 Å². The Morgan fingerprint density at radius 1 is 1.36 bits per heavy atom. The van der Waals surface area contributed by atoms with Crippen LogP contribution >= 0.6 is 0 Å². The molecule has 0 spiro atoms. The quantitative estimate of drug-likeness (QED) is 0.682. The van der Waals surface area contributed by atoms with E-state index in [4.69, 9.17) is 5.73 Å². The van der Waals surface area contributed by atoms with Crippen molar-refractivity contribution in [1.29, 1.82) is 0 Å². The van der Waals surface area contributed by atoms with Crippen molar-refractivity contribution in [2.24, 2.45) is 5.73 Å². The van der Waals surface area contributed by atoms with Crippen LogP contribution in [0.2, 0.25) is 0 Å². The molecule has 1 saturated heterocycles. The third-order valence-electron chi connectivity index (χ3n) is 2.48. The van der Waals surface area contributed by atoms with Crippen LogP contribution in [0.4, 0.5) is 4.79 Å². The second-order valence-electron chi connectivity index (χ2n) is 3.44. The fourth-order valence-corrected chi connectivity index (χ4v) is 1.60. The summed E-state index contributed by atoms with van der Waals surface area (Å²) in [5.74, 6) is 0. The van der Waals surface area contributed by atoms with Crippen molar-refractivity contribution in [1.82, 2.24) is 9.80 Å². The second kappa shape index (κ2) is 5.82. The van der Waals surface area contributed by atoms with E-state index in [9.17, 15) is 4.79 Å². The van der Waals surface area contributed by atoms with Gasteiger partial charge in [-0.2, -0.15) is 0 Å². The Labute approximate surface area is 84.8 Å². The maximum atomic E-state index is 11.2.